The van der Waals surface area contributed by atoms with Crippen LogP contribution in [0.2, 0.25) is 0 Å². The molecule has 0 saturated carbocycles. The first-order valence-corrected chi connectivity index (χ1v) is 7.53. The minimum absolute atomic E-state index is 0.0405. The number of likely N-dealkylation sites (N-methyl/N-ethyl adjacent to an activating group) is 1. The fraction of sp³-hybridized carbons (Fsp3) is 0.500. The lowest BCUT2D eigenvalue weighted by Gasteiger charge is -2.35. The SMILES string of the molecule is CN(CC1(O)CCOCC1)C(=O)c1cc(I)ccc1O. The quantitative estimate of drug-likeness (QED) is 0.769. The molecule has 0 aromatic heterocycles. The van der Waals surface area contributed by atoms with Crippen molar-refractivity contribution in [1.29, 1.82) is 0 Å². The van der Waals surface area contributed by atoms with E-state index in [1.54, 1.807) is 19.2 Å². The summed E-state index contributed by atoms with van der Waals surface area (Å²) in [5.41, 5.74) is -0.643. The zero-order valence-corrected chi connectivity index (χ0v) is 13.5. The average Bonchev–Trinajstić information content (AvgIpc) is 2.41. The molecule has 5 nitrogen and oxygen atoms in total. The van der Waals surface area contributed by atoms with Gasteiger partial charge in [-0.3, -0.25) is 4.79 Å². The first kappa shape index (κ1) is 15.5. The summed E-state index contributed by atoms with van der Waals surface area (Å²) in [6.45, 7) is 1.25. The number of aromatic hydroxyl groups is 1. The summed E-state index contributed by atoms with van der Waals surface area (Å²) in [7, 11) is 1.63. The molecular weight excluding hydrogens is 373 g/mol. The first-order valence-electron chi connectivity index (χ1n) is 6.45. The van der Waals surface area contributed by atoms with E-state index in [9.17, 15) is 15.0 Å². The van der Waals surface area contributed by atoms with Gasteiger partial charge in [-0.15, -0.1) is 0 Å². The third kappa shape index (κ3) is 3.62. The highest BCUT2D eigenvalue weighted by Crippen LogP contribution is 2.24. The highest BCUT2D eigenvalue weighted by Gasteiger charge is 2.33. The fourth-order valence-corrected chi connectivity index (χ4v) is 2.80. The molecule has 0 aliphatic carbocycles. The fourth-order valence-electron chi connectivity index (χ4n) is 2.31. The minimum Gasteiger partial charge on any atom is -0.507 e. The predicted octanol–water partition coefficient (Wildman–Crippen LogP) is 1.61. The molecule has 1 heterocycles. The van der Waals surface area contributed by atoms with E-state index in [1.807, 2.05) is 0 Å². The maximum absolute atomic E-state index is 12.4. The summed E-state index contributed by atoms with van der Waals surface area (Å²) >= 11 is 2.09. The number of phenolic OH excluding ortho intramolecular Hbond substituents is 1. The van der Waals surface area contributed by atoms with E-state index in [0.29, 0.717) is 26.1 Å². The molecule has 2 N–H and O–H groups in total. The normalized spacial score (nSPS) is 17.8. The van der Waals surface area contributed by atoms with Crippen molar-refractivity contribution in [2.24, 2.45) is 0 Å². The molecule has 1 amide bonds. The van der Waals surface area contributed by atoms with Crippen LogP contribution in [0, 0.1) is 3.57 Å². The smallest absolute Gasteiger partial charge is 0.257 e. The number of phenols is 1. The Morgan fingerprint density at radius 2 is 2.10 bits per heavy atom. The second kappa shape index (κ2) is 6.28. The summed E-state index contributed by atoms with van der Waals surface area (Å²) in [5.74, 6) is -0.331. The Labute approximate surface area is 131 Å². The lowest BCUT2D eigenvalue weighted by molar-refractivity contribution is -0.0734. The number of aliphatic hydroxyl groups is 1. The molecule has 20 heavy (non-hydrogen) atoms. The van der Waals surface area contributed by atoms with Crippen molar-refractivity contribution in [3.05, 3.63) is 27.3 Å². The largest absolute Gasteiger partial charge is 0.507 e. The molecule has 1 saturated heterocycles. The van der Waals surface area contributed by atoms with Gasteiger partial charge in [0.05, 0.1) is 11.2 Å². The zero-order valence-electron chi connectivity index (χ0n) is 11.3. The number of carbonyl (C=O) groups excluding carboxylic acids is 1. The van der Waals surface area contributed by atoms with Crippen LogP contribution in [0.15, 0.2) is 18.2 Å². The standard InChI is InChI=1S/C14H18INO4/c1-16(9-14(19)4-6-20-7-5-14)13(18)11-8-10(15)2-3-12(11)17/h2-3,8,17,19H,4-7,9H2,1H3. The monoisotopic (exact) mass is 391 g/mol. The summed E-state index contributed by atoms with van der Waals surface area (Å²) in [5, 5.41) is 20.2. The summed E-state index contributed by atoms with van der Waals surface area (Å²) < 4.78 is 6.10. The van der Waals surface area contributed by atoms with Crippen LogP contribution in [-0.4, -0.2) is 53.4 Å². The Morgan fingerprint density at radius 3 is 2.75 bits per heavy atom. The van der Waals surface area contributed by atoms with E-state index in [4.69, 9.17) is 4.74 Å². The highest BCUT2D eigenvalue weighted by molar-refractivity contribution is 14.1. The van der Waals surface area contributed by atoms with Gasteiger partial charge in [-0.2, -0.15) is 0 Å². The summed E-state index contributed by atoms with van der Waals surface area (Å²) in [4.78, 5) is 13.8. The molecule has 0 atom stereocenters. The molecule has 1 aliphatic heterocycles. The lowest BCUT2D eigenvalue weighted by atomic mass is 9.93. The van der Waals surface area contributed by atoms with E-state index in [0.717, 1.165) is 3.57 Å². The number of carbonyl (C=O) groups is 1. The van der Waals surface area contributed by atoms with Gasteiger partial charge in [-0.1, -0.05) is 0 Å². The van der Waals surface area contributed by atoms with Gasteiger partial charge >= 0.3 is 0 Å². The number of halogens is 1. The van der Waals surface area contributed by atoms with Crippen LogP contribution in [0.3, 0.4) is 0 Å². The topological polar surface area (TPSA) is 70.0 Å². The summed E-state index contributed by atoms with van der Waals surface area (Å²) in [6, 6.07) is 4.88. The van der Waals surface area contributed by atoms with Crippen LogP contribution >= 0.6 is 22.6 Å². The average molecular weight is 391 g/mol. The molecule has 1 aromatic rings. The van der Waals surface area contributed by atoms with Gasteiger partial charge in [0.1, 0.15) is 5.75 Å². The van der Waals surface area contributed by atoms with E-state index in [2.05, 4.69) is 22.6 Å². The molecule has 0 unspecified atom stereocenters. The molecule has 1 aromatic carbocycles. The van der Waals surface area contributed by atoms with Crippen LogP contribution in [0.5, 0.6) is 5.75 Å². The lowest BCUT2D eigenvalue weighted by Crippen LogP contribution is -2.47. The van der Waals surface area contributed by atoms with Crippen LogP contribution in [0.25, 0.3) is 0 Å². The van der Waals surface area contributed by atoms with Crippen molar-refractivity contribution in [1.82, 2.24) is 4.90 Å². The number of rotatable bonds is 3. The number of hydrogen-bond donors (Lipinski definition) is 2. The first-order chi connectivity index (χ1) is 9.41. The maximum Gasteiger partial charge on any atom is 0.257 e. The minimum atomic E-state index is -0.903. The Kier molecular flexibility index (Phi) is 4.87. The van der Waals surface area contributed by atoms with Crippen molar-refractivity contribution >= 4 is 28.5 Å². The molecule has 110 valence electrons. The Bertz CT molecular complexity index is 500. The van der Waals surface area contributed by atoms with Gasteiger partial charge < -0.3 is 19.8 Å². The van der Waals surface area contributed by atoms with Gasteiger partial charge in [0.15, 0.2) is 0 Å². The maximum atomic E-state index is 12.4. The molecule has 6 heteroatoms. The number of hydrogen-bond acceptors (Lipinski definition) is 4. The molecule has 0 bridgehead atoms. The van der Waals surface area contributed by atoms with Gasteiger partial charge in [-0.05, 0) is 40.8 Å². The van der Waals surface area contributed by atoms with Gasteiger partial charge in [0.2, 0.25) is 0 Å². The molecule has 1 fully saturated rings. The van der Waals surface area contributed by atoms with Crippen LogP contribution in [0.1, 0.15) is 23.2 Å². The van der Waals surface area contributed by atoms with Crippen molar-refractivity contribution in [3.63, 3.8) is 0 Å². The van der Waals surface area contributed by atoms with E-state index in [1.165, 1.54) is 11.0 Å². The number of ether oxygens (including phenoxy) is 1. The van der Waals surface area contributed by atoms with Crippen LogP contribution in [-0.2, 0) is 4.74 Å². The Morgan fingerprint density at radius 1 is 1.45 bits per heavy atom. The van der Waals surface area contributed by atoms with Crippen LogP contribution < -0.4 is 0 Å². The van der Waals surface area contributed by atoms with Crippen molar-refractivity contribution in [2.75, 3.05) is 26.8 Å². The third-order valence-electron chi connectivity index (χ3n) is 3.49. The molecule has 1 aliphatic rings. The second-order valence-corrected chi connectivity index (χ2v) is 6.41. The number of nitrogens with zero attached hydrogens (tertiary/aromatic N) is 1. The second-order valence-electron chi connectivity index (χ2n) is 5.16. The van der Waals surface area contributed by atoms with Crippen molar-refractivity contribution in [2.45, 2.75) is 18.4 Å². The van der Waals surface area contributed by atoms with Crippen molar-refractivity contribution < 1.29 is 19.7 Å². The predicted molar refractivity (Wildman–Crippen MR) is 82.8 cm³/mol. The molecule has 0 radical (unpaired) electrons. The zero-order chi connectivity index (χ0) is 14.8. The number of benzene rings is 1. The molecular formula is C14H18INO4. The van der Waals surface area contributed by atoms with Gasteiger partial charge in [0.25, 0.3) is 5.91 Å². The van der Waals surface area contributed by atoms with Gasteiger partial charge in [0, 0.05) is 43.2 Å². The molecule has 2 rings (SSSR count). The third-order valence-corrected chi connectivity index (χ3v) is 4.16. The van der Waals surface area contributed by atoms with E-state index in [-0.39, 0.29) is 23.8 Å². The summed E-state index contributed by atoms with van der Waals surface area (Å²) in [6.07, 6.45) is 1.03. The van der Waals surface area contributed by atoms with E-state index < -0.39 is 5.60 Å². The van der Waals surface area contributed by atoms with Crippen LogP contribution in [0.4, 0.5) is 0 Å². The van der Waals surface area contributed by atoms with E-state index >= 15 is 0 Å². The molecule has 0 spiro atoms. The Hall–Kier alpha value is -0.860. The highest BCUT2D eigenvalue weighted by atomic mass is 127. The Balaban J connectivity index is 2.10. The van der Waals surface area contributed by atoms with Crippen molar-refractivity contribution in [3.8, 4) is 5.75 Å². The number of amides is 1. The van der Waals surface area contributed by atoms with Gasteiger partial charge in [-0.25, -0.2) is 0 Å².